The lowest BCUT2D eigenvalue weighted by molar-refractivity contribution is 0.0667. The van der Waals surface area contributed by atoms with Crippen molar-refractivity contribution in [3.05, 3.63) is 0 Å². The summed E-state index contributed by atoms with van der Waals surface area (Å²) in [5.74, 6) is 0.350. The minimum Gasteiger partial charge on any atom is -0.381 e. The van der Waals surface area contributed by atoms with Crippen LogP contribution in [0.1, 0.15) is 67.2 Å². The second kappa shape index (κ2) is 5.96. The third kappa shape index (κ3) is 5.72. The fourth-order valence-corrected chi connectivity index (χ4v) is 3.86. The molecule has 0 aliphatic heterocycles. The highest BCUT2D eigenvalue weighted by molar-refractivity contribution is 7.92. The maximum atomic E-state index is 12.3. The van der Waals surface area contributed by atoms with Gasteiger partial charge in [-0.15, -0.1) is 0 Å². The van der Waals surface area contributed by atoms with Gasteiger partial charge in [-0.2, -0.15) is 0 Å². The average molecular weight is 304 g/mol. The highest BCUT2D eigenvalue weighted by Crippen LogP contribution is 2.51. The van der Waals surface area contributed by atoms with Crippen molar-refractivity contribution in [2.75, 3.05) is 19.0 Å². The van der Waals surface area contributed by atoms with Gasteiger partial charge in [-0.25, -0.2) is 8.42 Å². The molecule has 0 unspecified atom stereocenters. The van der Waals surface area contributed by atoms with E-state index in [1.165, 1.54) is 0 Å². The second-order valence-corrected chi connectivity index (χ2v) is 11.3. The van der Waals surface area contributed by atoms with Gasteiger partial charge in [0.15, 0.2) is 9.84 Å². The first-order valence-corrected chi connectivity index (χ1v) is 9.32. The van der Waals surface area contributed by atoms with Crippen LogP contribution in [0.25, 0.3) is 0 Å². The molecule has 120 valence electrons. The summed E-state index contributed by atoms with van der Waals surface area (Å²) in [5.41, 5.74) is 0.254. The van der Waals surface area contributed by atoms with Gasteiger partial charge in [0.2, 0.25) is 0 Å². The summed E-state index contributed by atoms with van der Waals surface area (Å²) in [6.07, 6.45) is 4.06. The summed E-state index contributed by atoms with van der Waals surface area (Å²) in [7, 11) is -3.00. The van der Waals surface area contributed by atoms with Gasteiger partial charge in [0.05, 0.1) is 17.1 Å². The first-order chi connectivity index (χ1) is 8.87. The van der Waals surface area contributed by atoms with Crippen LogP contribution in [-0.4, -0.2) is 32.1 Å². The van der Waals surface area contributed by atoms with Crippen molar-refractivity contribution in [3.63, 3.8) is 0 Å². The van der Waals surface area contributed by atoms with Gasteiger partial charge in [-0.1, -0.05) is 20.8 Å². The van der Waals surface area contributed by atoms with Crippen LogP contribution in [0.15, 0.2) is 0 Å². The van der Waals surface area contributed by atoms with Gasteiger partial charge in [0.25, 0.3) is 0 Å². The Morgan fingerprint density at radius 1 is 1.05 bits per heavy atom. The molecular formula is C16H32O3S. The van der Waals surface area contributed by atoms with E-state index in [0.29, 0.717) is 5.75 Å². The maximum absolute atomic E-state index is 12.3. The quantitative estimate of drug-likeness (QED) is 0.672. The molecule has 0 radical (unpaired) electrons. The Morgan fingerprint density at radius 3 is 2.00 bits per heavy atom. The Hall–Kier alpha value is -0.0900. The molecule has 0 bridgehead atoms. The Morgan fingerprint density at radius 2 is 1.60 bits per heavy atom. The molecule has 20 heavy (non-hydrogen) atoms. The normalized spacial score (nSPS) is 19.1. The van der Waals surface area contributed by atoms with E-state index in [4.69, 9.17) is 4.74 Å². The standard InChI is InChI=1S/C16H32O3S/c1-14(2,3)12-19-11-7-8-16(9-10-16)13-20(17,18)15(4,5)6/h7-13H2,1-6H3. The zero-order valence-electron chi connectivity index (χ0n) is 14.1. The van der Waals surface area contributed by atoms with Gasteiger partial charge < -0.3 is 4.74 Å². The van der Waals surface area contributed by atoms with E-state index < -0.39 is 14.6 Å². The zero-order chi connectivity index (χ0) is 15.7. The average Bonchev–Trinajstić information content (AvgIpc) is 2.93. The summed E-state index contributed by atoms with van der Waals surface area (Å²) < 4.78 is 29.6. The van der Waals surface area contributed by atoms with Crippen LogP contribution in [0.2, 0.25) is 0 Å². The van der Waals surface area contributed by atoms with Crippen molar-refractivity contribution in [1.82, 2.24) is 0 Å². The lowest BCUT2D eigenvalue weighted by Crippen LogP contribution is -2.34. The minimum atomic E-state index is -3.00. The predicted octanol–water partition coefficient (Wildman–Crippen LogP) is 3.82. The molecule has 0 N–H and O–H groups in total. The van der Waals surface area contributed by atoms with Gasteiger partial charge in [-0.3, -0.25) is 0 Å². The molecule has 1 saturated carbocycles. The third-order valence-corrected chi connectivity index (χ3v) is 6.78. The molecule has 0 aromatic heterocycles. The topological polar surface area (TPSA) is 43.4 Å². The molecule has 1 fully saturated rings. The molecular weight excluding hydrogens is 272 g/mol. The van der Waals surface area contributed by atoms with Crippen molar-refractivity contribution < 1.29 is 13.2 Å². The molecule has 0 atom stereocenters. The predicted molar refractivity (Wildman–Crippen MR) is 84.7 cm³/mol. The van der Waals surface area contributed by atoms with E-state index in [2.05, 4.69) is 20.8 Å². The van der Waals surface area contributed by atoms with Crippen molar-refractivity contribution >= 4 is 9.84 Å². The van der Waals surface area contributed by atoms with E-state index in [1.54, 1.807) is 20.8 Å². The number of rotatable bonds is 7. The summed E-state index contributed by atoms with van der Waals surface area (Å²) in [4.78, 5) is 0. The molecule has 0 amide bonds. The Balaban J connectivity index is 2.34. The van der Waals surface area contributed by atoms with Crippen molar-refractivity contribution in [3.8, 4) is 0 Å². The van der Waals surface area contributed by atoms with Gasteiger partial charge >= 0.3 is 0 Å². The van der Waals surface area contributed by atoms with Crippen molar-refractivity contribution in [2.24, 2.45) is 10.8 Å². The summed E-state index contributed by atoms with van der Waals surface area (Å²) >= 11 is 0. The molecule has 1 rings (SSSR count). The number of hydrogen-bond acceptors (Lipinski definition) is 3. The lowest BCUT2D eigenvalue weighted by atomic mass is 9.98. The van der Waals surface area contributed by atoms with Crippen LogP contribution in [0.5, 0.6) is 0 Å². The van der Waals surface area contributed by atoms with Crippen LogP contribution in [-0.2, 0) is 14.6 Å². The summed E-state index contributed by atoms with van der Waals surface area (Å²) in [6.45, 7) is 13.4. The molecule has 1 aliphatic rings. The highest BCUT2D eigenvalue weighted by Gasteiger charge is 2.47. The first kappa shape index (κ1) is 18.0. The highest BCUT2D eigenvalue weighted by atomic mass is 32.2. The Labute approximate surface area is 125 Å². The van der Waals surface area contributed by atoms with Gasteiger partial charge in [0.1, 0.15) is 0 Å². The largest absolute Gasteiger partial charge is 0.381 e. The van der Waals surface area contributed by atoms with Crippen LogP contribution in [0.3, 0.4) is 0 Å². The van der Waals surface area contributed by atoms with Gasteiger partial charge in [-0.05, 0) is 57.3 Å². The smallest absolute Gasteiger partial charge is 0.155 e. The van der Waals surface area contributed by atoms with Crippen LogP contribution in [0, 0.1) is 10.8 Å². The number of sulfone groups is 1. The molecule has 4 heteroatoms. The molecule has 0 heterocycles. The zero-order valence-corrected chi connectivity index (χ0v) is 14.9. The number of hydrogen-bond donors (Lipinski definition) is 0. The fourth-order valence-electron chi connectivity index (χ4n) is 2.19. The molecule has 0 spiro atoms. The van der Waals surface area contributed by atoms with E-state index in [0.717, 1.165) is 38.9 Å². The van der Waals surface area contributed by atoms with Crippen LogP contribution < -0.4 is 0 Å². The van der Waals surface area contributed by atoms with E-state index in [9.17, 15) is 8.42 Å². The molecule has 3 nitrogen and oxygen atoms in total. The number of ether oxygens (including phenoxy) is 1. The Kier molecular flexibility index (Phi) is 5.35. The van der Waals surface area contributed by atoms with Crippen LogP contribution in [0.4, 0.5) is 0 Å². The third-order valence-electron chi connectivity index (χ3n) is 3.92. The lowest BCUT2D eigenvalue weighted by Gasteiger charge is -2.24. The Bertz CT molecular complexity index is 406. The second-order valence-electron chi connectivity index (χ2n) is 8.59. The monoisotopic (exact) mass is 304 g/mol. The molecule has 0 saturated heterocycles. The SMILES string of the molecule is CC(C)(C)COCCCC1(CS(=O)(=O)C(C)(C)C)CC1. The van der Waals surface area contributed by atoms with E-state index in [1.807, 2.05) is 0 Å². The van der Waals surface area contributed by atoms with Crippen molar-refractivity contribution in [1.29, 1.82) is 0 Å². The van der Waals surface area contributed by atoms with E-state index >= 15 is 0 Å². The fraction of sp³-hybridized carbons (Fsp3) is 1.00. The maximum Gasteiger partial charge on any atom is 0.155 e. The molecule has 0 aromatic rings. The molecule has 0 aromatic carbocycles. The van der Waals surface area contributed by atoms with E-state index in [-0.39, 0.29) is 10.8 Å². The van der Waals surface area contributed by atoms with Crippen LogP contribution >= 0.6 is 0 Å². The van der Waals surface area contributed by atoms with Crippen molar-refractivity contribution in [2.45, 2.75) is 72.0 Å². The molecule has 1 aliphatic carbocycles. The summed E-state index contributed by atoms with van der Waals surface area (Å²) in [6, 6.07) is 0. The first-order valence-electron chi connectivity index (χ1n) is 7.67. The minimum absolute atomic E-state index is 0.0528. The van der Waals surface area contributed by atoms with Gasteiger partial charge in [0, 0.05) is 6.61 Å². The summed E-state index contributed by atoms with van der Waals surface area (Å²) in [5, 5.41) is 0.